The van der Waals surface area contributed by atoms with Crippen LogP contribution in [0.2, 0.25) is 0 Å². The van der Waals surface area contributed by atoms with Gasteiger partial charge in [-0.25, -0.2) is 28.1 Å². The van der Waals surface area contributed by atoms with Crippen molar-refractivity contribution < 1.29 is 55.4 Å². The second kappa shape index (κ2) is 28.3. The maximum atomic E-state index is 13.5. The van der Waals surface area contributed by atoms with E-state index >= 15 is 0 Å². The van der Waals surface area contributed by atoms with E-state index < -0.39 is 70.3 Å². The number of carbonyl (C=O) groups excluding carboxylic acids is 3. The molecular formula is C39H39N3O15S6. The van der Waals surface area contributed by atoms with Gasteiger partial charge >= 0.3 is 50.7 Å². The largest absolute Gasteiger partial charge is 0.460 e. The Kier molecular flexibility index (Phi) is 22.6. The summed E-state index contributed by atoms with van der Waals surface area (Å²) >= 11 is 17.1. The van der Waals surface area contributed by atoms with E-state index in [0.717, 1.165) is 30.4 Å². The van der Waals surface area contributed by atoms with Crippen LogP contribution >= 0.6 is 72.8 Å². The summed E-state index contributed by atoms with van der Waals surface area (Å²) in [4.78, 5) is 76.6. The van der Waals surface area contributed by atoms with Crippen LogP contribution < -0.4 is 17.1 Å². The molecule has 1 aromatic heterocycles. The number of hydrogen-bond donors (Lipinski definition) is 0. The number of benzene rings is 3. The zero-order chi connectivity index (χ0) is 45.2. The first kappa shape index (κ1) is 50.2. The average molecular weight is 982 g/mol. The van der Waals surface area contributed by atoms with Gasteiger partial charge in [-0.3, -0.25) is 14.4 Å². The zero-order valence-corrected chi connectivity index (χ0v) is 38.0. The Hall–Kier alpha value is -5.40. The molecule has 0 bridgehead atoms. The van der Waals surface area contributed by atoms with Crippen LogP contribution in [0.3, 0.4) is 0 Å². The molecule has 0 unspecified atom stereocenters. The van der Waals surface area contributed by atoms with E-state index in [9.17, 15) is 28.8 Å². The second-order valence-electron chi connectivity index (χ2n) is 12.1. The highest BCUT2D eigenvalue weighted by Crippen LogP contribution is 2.10. The Morgan fingerprint density at radius 2 is 0.667 bits per heavy atom. The van der Waals surface area contributed by atoms with Crippen molar-refractivity contribution in [3.63, 3.8) is 0 Å². The number of nitrogens with zero attached hydrogens (tertiary/aromatic N) is 3. The molecule has 0 N–H and O–H groups in total. The van der Waals surface area contributed by atoms with Crippen molar-refractivity contribution in [2.75, 3.05) is 37.1 Å². The van der Waals surface area contributed by atoms with Crippen molar-refractivity contribution in [1.29, 1.82) is 0 Å². The molecule has 0 amide bonds. The average Bonchev–Trinajstić information content (AvgIpc) is 3.28. The fourth-order valence-corrected chi connectivity index (χ4v) is 6.54. The molecule has 4 rings (SSSR count). The van der Waals surface area contributed by atoms with Gasteiger partial charge in [-0.2, -0.15) is 0 Å². The fourth-order valence-electron chi connectivity index (χ4n) is 4.71. The molecule has 1 heterocycles. The van der Waals surface area contributed by atoms with E-state index in [0.29, 0.717) is 36.1 Å². The number of hydrogen-bond acceptors (Lipinski definition) is 21. The monoisotopic (exact) mass is 981 g/mol. The highest BCUT2D eigenvalue weighted by Gasteiger charge is 2.18. The van der Waals surface area contributed by atoms with Crippen LogP contribution in [0, 0.1) is 0 Å². The van der Waals surface area contributed by atoms with E-state index in [-0.39, 0.29) is 56.9 Å². The number of ether oxygens (including phenoxy) is 6. The number of aromatic nitrogens is 3. The molecule has 4 aromatic rings. The Balaban J connectivity index is 1.28. The van der Waals surface area contributed by atoms with E-state index in [1.807, 2.05) is 54.6 Å². The quantitative estimate of drug-likeness (QED) is 0.0416. The van der Waals surface area contributed by atoms with Crippen molar-refractivity contribution >= 4 is 106 Å². The highest BCUT2D eigenvalue weighted by molar-refractivity contribution is 7.97. The Morgan fingerprint density at radius 1 is 0.413 bits per heavy atom. The molecule has 0 saturated carbocycles. The predicted octanol–water partition coefficient (Wildman–Crippen LogP) is 4.30. The third kappa shape index (κ3) is 19.3. The third-order valence-corrected chi connectivity index (χ3v) is 10.4. The Bertz CT molecular complexity index is 2030. The van der Waals surface area contributed by atoms with Gasteiger partial charge in [0.25, 0.3) is 0 Å². The molecule has 0 aliphatic rings. The summed E-state index contributed by atoms with van der Waals surface area (Å²) < 4.78 is 49.3. The number of carbonyl (C=O) groups is 3. The first-order valence-corrected chi connectivity index (χ1v) is 22.4. The molecule has 63 heavy (non-hydrogen) atoms. The van der Waals surface area contributed by atoms with Gasteiger partial charge in [0.2, 0.25) is 0 Å². The van der Waals surface area contributed by atoms with Crippen LogP contribution in [0.25, 0.3) is 0 Å². The lowest BCUT2D eigenvalue weighted by Crippen LogP contribution is -2.55. The molecule has 24 heteroatoms. The maximum Gasteiger partial charge on any atom is 0.364 e. The summed E-state index contributed by atoms with van der Waals surface area (Å²) in [6, 6.07) is 27.2. The SMILES string of the molecule is O=C(CSOC(=S)OCCn1c(=O)n(CCOC(=S)OSCC(=O)OCc2ccccc2)c(=O)n(CCOC(=S)OSCC(=O)OCc2ccccc2)c1=O)OCc1ccccc1. The van der Waals surface area contributed by atoms with Crippen LogP contribution in [0.4, 0.5) is 0 Å². The fraction of sp³-hybridized carbons (Fsp3) is 0.308. The molecule has 3 aromatic carbocycles. The zero-order valence-electron chi connectivity index (χ0n) is 33.1. The standard InChI is InChI=1S/C39H39N3O15S6/c43-31(52-22-28-10-4-1-5-11-28)25-61-55-37(58)49-19-16-40-34(46)41(17-20-50-38(59)56-62-26-32(44)53-23-29-12-6-2-7-13-29)36(48)42(35(40)47)18-21-51-39(60)57-63-27-33(45)54-24-30-14-8-3-9-15-30/h1-15H,16-27H2. The molecule has 0 atom stereocenters. The molecule has 0 radical (unpaired) electrons. The van der Waals surface area contributed by atoms with Crippen molar-refractivity contribution in [2.45, 2.75) is 39.5 Å². The van der Waals surface area contributed by atoms with Gasteiger partial charge in [-0.15, -0.1) is 0 Å². The number of rotatable bonds is 24. The van der Waals surface area contributed by atoms with Crippen molar-refractivity contribution in [1.82, 2.24) is 13.7 Å². The normalized spacial score (nSPS) is 10.5. The molecular weight excluding hydrogens is 943 g/mol. The summed E-state index contributed by atoms with van der Waals surface area (Å²) in [5, 5.41) is -1.19. The first-order valence-electron chi connectivity index (χ1n) is 18.4. The van der Waals surface area contributed by atoms with Crippen LogP contribution in [-0.2, 0) is 94.8 Å². The predicted molar refractivity (Wildman–Crippen MR) is 244 cm³/mol. The molecule has 336 valence electrons. The van der Waals surface area contributed by atoms with Gasteiger partial charge < -0.3 is 41.0 Å². The van der Waals surface area contributed by atoms with E-state index in [4.69, 9.17) is 77.6 Å². The van der Waals surface area contributed by atoms with Crippen LogP contribution in [0.5, 0.6) is 0 Å². The smallest absolute Gasteiger partial charge is 0.364 e. The Labute approximate surface area is 389 Å². The summed E-state index contributed by atoms with van der Waals surface area (Å²) in [5.74, 6) is -2.32. The third-order valence-electron chi connectivity index (χ3n) is 7.63. The van der Waals surface area contributed by atoms with Crippen molar-refractivity contribution in [2.24, 2.45) is 0 Å². The van der Waals surface area contributed by atoms with Gasteiger partial charge in [-0.05, 0) is 16.7 Å². The molecule has 0 aliphatic heterocycles. The first-order chi connectivity index (χ1) is 30.5. The van der Waals surface area contributed by atoms with Crippen molar-refractivity contribution in [3.8, 4) is 0 Å². The summed E-state index contributed by atoms with van der Waals surface area (Å²) in [6.45, 7) is -2.03. The minimum Gasteiger partial charge on any atom is -0.460 e. The van der Waals surface area contributed by atoms with Gasteiger partial charge in [0, 0.05) is 36.7 Å². The Morgan fingerprint density at radius 3 is 0.921 bits per heavy atom. The van der Waals surface area contributed by atoms with Gasteiger partial charge in [0.15, 0.2) is 0 Å². The minimum absolute atomic E-state index is 0.0781. The van der Waals surface area contributed by atoms with Gasteiger partial charge in [0.1, 0.15) is 56.9 Å². The summed E-state index contributed by atoms with van der Waals surface area (Å²) in [5.41, 5.74) is -0.640. The molecule has 0 aliphatic carbocycles. The lowest BCUT2D eigenvalue weighted by molar-refractivity contribution is -0.142. The van der Waals surface area contributed by atoms with Crippen LogP contribution in [0.1, 0.15) is 16.7 Å². The number of esters is 3. The molecule has 18 nitrogen and oxygen atoms in total. The van der Waals surface area contributed by atoms with Gasteiger partial charge in [-0.1, -0.05) is 91.0 Å². The topological polar surface area (TPSA) is 200 Å². The second-order valence-corrected chi connectivity index (χ2v) is 15.1. The van der Waals surface area contributed by atoms with Crippen LogP contribution in [-0.4, -0.2) is 84.4 Å². The maximum absolute atomic E-state index is 13.5. The highest BCUT2D eigenvalue weighted by atomic mass is 32.2. The van der Waals surface area contributed by atoms with E-state index in [1.165, 1.54) is 0 Å². The molecule has 0 saturated heterocycles. The van der Waals surface area contributed by atoms with Crippen LogP contribution in [0.15, 0.2) is 105 Å². The minimum atomic E-state index is -1.02. The lowest BCUT2D eigenvalue weighted by Gasteiger charge is -2.15. The number of thiocarbonyl (C=S) groups is 3. The summed E-state index contributed by atoms with van der Waals surface area (Å²) in [6.07, 6.45) is 0. The van der Waals surface area contributed by atoms with Crippen molar-refractivity contribution in [3.05, 3.63) is 139 Å². The van der Waals surface area contributed by atoms with Gasteiger partial charge in [0.05, 0.1) is 55.8 Å². The van der Waals surface area contributed by atoms with E-state index in [1.54, 1.807) is 36.4 Å². The van der Waals surface area contributed by atoms with E-state index in [2.05, 4.69) is 0 Å². The summed E-state index contributed by atoms with van der Waals surface area (Å²) in [7, 11) is 0. The lowest BCUT2D eigenvalue weighted by atomic mass is 10.2. The molecule has 0 fully saturated rings. The molecule has 0 spiro atoms.